The Labute approximate surface area is 132 Å². The SMILES string of the molecule is Cc1ccc(N(C)C(=O)c2ccc(I)c(O)c2)c(C)c1. The molecule has 0 saturated heterocycles. The van der Waals surface area contributed by atoms with Crippen LogP contribution in [0, 0.1) is 17.4 Å². The molecule has 0 bridgehead atoms. The third-order valence-corrected chi connectivity index (χ3v) is 4.12. The molecule has 20 heavy (non-hydrogen) atoms. The van der Waals surface area contributed by atoms with E-state index in [4.69, 9.17) is 0 Å². The molecule has 2 rings (SSSR count). The Balaban J connectivity index is 2.34. The molecule has 1 N–H and O–H groups in total. The van der Waals surface area contributed by atoms with Crippen LogP contribution in [0.5, 0.6) is 5.75 Å². The molecule has 0 radical (unpaired) electrons. The van der Waals surface area contributed by atoms with Gasteiger partial charge in [0.25, 0.3) is 5.91 Å². The van der Waals surface area contributed by atoms with E-state index < -0.39 is 0 Å². The summed E-state index contributed by atoms with van der Waals surface area (Å²) in [6.45, 7) is 4.01. The van der Waals surface area contributed by atoms with Gasteiger partial charge >= 0.3 is 0 Å². The van der Waals surface area contributed by atoms with Crippen LogP contribution in [0.15, 0.2) is 36.4 Å². The minimum Gasteiger partial charge on any atom is -0.507 e. The molecule has 0 saturated carbocycles. The van der Waals surface area contributed by atoms with Crippen molar-refractivity contribution in [3.63, 3.8) is 0 Å². The second-order valence-corrected chi connectivity index (χ2v) is 5.98. The highest BCUT2D eigenvalue weighted by molar-refractivity contribution is 14.1. The zero-order valence-electron chi connectivity index (χ0n) is 11.6. The van der Waals surface area contributed by atoms with Gasteiger partial charge in [0.15, 0.2) is 0 Å². The molecule has 0 fully saturated rings. The Kier molecular flexibility index (Phi) is 4.32. The van der Waals surface area contributed by atoms with Crippen LogP contribution in [-0.2, 0) is 0 Å². The minimum atomic E-state index is -0.136. The van der Waals surface area contributed by atoms with Gasteiger partial charge in [0, 0.05) is 18.3 Å². The lowest BCUT2D eigenvalue weighted by Gasteiger charge is -2.20. The standard InChI is InChI=1S/C16H16INO2/c1-10-4-7-14(11(2)8-10)18(3)16(20)12-5-6-13(17)15(19)9-12/h4-9,19H,1-3H3. The molecular formula is C16H16INO2. The first-order valence-corrected chi connectivity index (χ1v) is 7.32. The van der Waals surface area contributed by atoms with Crippen LogP contribution in [-0.4, -0.2) is 18.1 Å². The summed E-state index contributed by atoms with van der Waals surface area (Å²) in [6.07, 6.45) is 0. The Morgan fingerprint density at radius 1 is 1.15 bits per heavy atom. The maximum absolute atomic E-state index is 12.5. The van der Waals surface area contributed by atoms with Crippen molar-refractivity contribution in [2.45, 2.75) is 13.8 Å². The van der Waals surface area contributed by atoms with Gasteiger partial charge in [0.05, 0.1) is 3.57 Å². The molecule has 0 atom stereocenters. The maximum atomic E-state index is 12.5. The fraction of sp³-hybridized carbons (Fsp3) is 0.188. The van der Waals surface area contributed by atoms with Crippen LogP contribution in [0.3, 0.4) is 0 Å². The summed E-state index contributed by atoms with van der Waals surface area (Å²) >= 11 is 2.03. The number of carbonyl (C=O) groups excluding carboxylic acids is 1. The van der Waals surface area contributed by atoms with Crippen molar-refractivity contribution < 1.29 is 9.90 Å². The number of amides is 1. The van der Waals surface area contributed by atoms with Crippen LogP contribution < -0.4 is 4.90 Å². The monoisotopic (exact) mass is 381 g/mol. The van der Waals surface area contributed by atoms with Gasteiger partial charge in [-0.3, -0.25) is 4.79 Å². The Hall–Kier alpha value is -1.56. The number of hydrogen-bond acceptors (Lipinski definition) is 2. The van der Waals surface area contributed by atoms with Crippen LogP contribution in [0.2, 0.25) is 0 Å². The number of aromatic hydroxyl groups is 1. The Morgan fingerprint density at radius 2 is 1.85 bits per heavy atom. The maximum Gasteiger partial charge on any atom is 0.258 e. The molecule has 0 aromatic heterocycles. The Morgan fingerprint density at radius 3 is 2.45 bits per heavy atom. The number of rotatable bonds is 2. The third kappa shape index (κ3) is 2.95. The van der Waals surface area contributed by atoms with E-state index in [1.807, 2.05) is 54.6 Å². The van der Waals surface area contributed by atoms with Crippen molar-refractivity contribution in [2.75, 3.05) is 11.9 Å². The average Bonchev–Trinajstić information content (AvgIpc) is 2.40. The van der Waals surface area contributed by atoms with Crippen LogP contribution in [0.1, 0.15) is 21.5 Å². The van der Waals surface area contributed by atoms with E-state index >= 15 is 0 Å². The zero-order valence-corrected chi connectivity index (χ0v) is 13.8. The van der Waals surface area contributed by atoms with Gasteiger partial charge < -0.3 is 10.0 Å². The summed E-state index contributed by atoms with van der Waals surface area (Å²) in [5.41, 5.74) is 3.57. The molecule has 1 amide bonds. The molecule has 2 aromatic rings. The van der Waals surface area contributed by atoms with E-state index in [0.29, 0.717) is 5.56 Å². The fourth-order valence-electron chi connectivity index (χ4n) is 2.13. The quantitative estimate of drug-likeness (QED) is 0.802. The van der Waals surface area contributed by atoms with Crippen LogP contribution >= 0.6 is 22.6 Å². The number of phenolic OH excluding ortho intramolecular Hbond substituents is 1. The van der Waals surface area contributed by atoms with E-state index in [1.54, 1.807) is 24.1 Å². The smallest absolute Gasteiger partial charge is 0.258 e. The van der Waals surface area contributed by atoms with Crippen molar-refractivity contribution in [3.8, 4) is 5.75 Å². The summed E-state index contributed by atoms with van der Waals surface area (Å²) in [7, 11) is 1.75. The van der Waals surface area contributed by atoms with Crippen molar-refractivity contribution >= 4 is 34.2 Å². The summed E-state index contributed by atoms with van der Waals surface area (Å²) in [4.78, 5) is 14.1. The van der Waals surface area contributed by atoms with Crippen molar-refractivity contribution in [2.24, 2.45) is 0 Å². The molecule has 0 aliphatic heterocycles. The van der Waals surface area contributed by atoms with Gasteiger partial charge in [-0.15, -0.1) is 0 Å². The topological polar surface area (TPSA) is 40.5 Å². The molecule has 104 valence electrons. The van der Waals surface area contributed by atoms with Gasteiger partial charge in [0.2, 0.25) is 0 Å². The number of anilines is 1. The summed E-state index contributed by atoms with van der Waals surface area (Å²) in [5.74, 6) is -0.00543. The highest BCUT2D eigenvalue weighted by Gasteiger charge is 2.16. The normalized spacial score (nSPS) is 10.4. The van der Waals surface area contributed by atoms with E-state index in [1.165, 1.54) is 11.6 Å². The molecule has 0 spiro atoms. The second-order valence-electron chi connectivity index (χ2n) is 4.82. The lowest BCUT2D eigenvalue weighted by molar-refractivity contribution is 0.0992. The van der Waals surface area contributed by atoms with Gasteiger partial charge in [-0.05, 0) is 66.3 Å². The largest absolute Gasteiger partial charge is 0.507 e. The van der Waals surface area contributed by atoms with E-state index in [0.717, 1.165) is 14.8 Å². The first kappa shape index (κ1) is 14.8. The second kappa shape index (κ2) is 5.83. The lowest BCUT2D eigenvalue weighted by atomic mass is 10.1. The van der Waals surface area contributed by atoms with Crippen LogP contribution in [0.4, 0.5) is 5.69 Å². The predicted molar refractivity (Wildman–Crippen MR) is 89.5 cm³/mol. The zero-order chi connectivity index (χ0) is 14.9. The number of aryl methyl sites for hydroxylation is 2. The number of phenols is 1. The lowest BCUT2D eigenvalue weighted by Crippen LogP contribution is -2.26. The number of nitrogens with zero attached hydrogens (tertiary/aromatic N) is 1. The molecule has 0 aliphatic rings. The number of halogens is 1. The van der Waals surface area contributed by atoms with E-state index in [-0.39, 0.29) is 11.7 Å². The first-order valence-electron chi connectivity index (χ1n) is 6.24. The van der Waals surface area contributed by atoms with Crippen molar-refractivity contribution in [1.29, 1.82) is 0 Å². The average molecular weight is 381 g/mol. The van der Waals surface area contributed by atoms with Gasteiger partial charge in [0.1, 0.15) is 5.75 Å². The summed E-state index contributed by atoms with van der Waals surface area (Å²) in [6, 6.07) is 10.9. The first-order chi connectivity index (χ1) is 9.40. The molecule has 0 aliphatic carbocycles. The highest BCUT2D eigenvalue weighted by atomic mass is 127. The number of hydrogen-bond donors (Lipinski definition) is 1. The van der Waals surface area contributed by atoms with Crippen molar-refractivity contribution in [3.05, 3.63) is 56.7 Å². The molecule has 2 aromatic carbocycles. The van der Waals surface area contributed by atoms with E-state index in [2.05, 4.69) is 0 Å². The highest BCUT2D eigenvalue weighted by Crippen LogP contribution is 2.24. The van der Waals surface area contributed by atoms with Gasteiger partial charge in [-0.2, -0.15) is 0 Å². The van der Waals surface area contributed by atoms with Gasteiger partial charge in [-0.1, -0.05) is 17.7 Å². The molecule has 4 heteroatoms. The minimum absolute atomic E-state index is 0.130. The number of benzene rings is 2. The van der Waals surface area contributed by atoms with Crippen LogP contribution in [0.25, 0.3) is 0 Å². The Bertz CT molecular complexity index is 668. The molecule has 0 unspecified atom stereocenters. The molecular weight excluding hydrogens is 365 g/mol. The van der Waals surface area contributed by atoms with E-state index in [9.17, 15) is 9.90 Å². The summed E-state index contributed by atoms with van der Waals surface area (Å²) < 4.78 is 0.730. The van der Waals surface area contributed by atoms with Crippen molar-refractivity contribution in [1.82, 2.24) is 0 Å². The molecule has 3 nitrogen and oxygen atoms in total. The molecule has 0 heterocycles. The number of carbonyl (C=O) groups is 1. The predicted octanol–water partition coefficient (Wildman–Crippen LogP) is 3.89. The summed E-state index contributed by atoms with van der Waals surface area (Å²) in [5, 5.41) is 9.71. The van der Waals surface area contributed by atoms with Gasteiger partial charge in [-0.25, -0.2) is 0 Å². The third-order valence-electron chi connectivity index (χ3n) is 3.21. The fourth-order valence-corrected chi connectivity index (χ4v) is 2.47.